The molecule has 0 saturated heterocycles. The number of ether oxygens (including phenoxy) is 1. The van der Waals surface area contributed by atoms with E-state index >= 15 is 0 Å². The number of hydrogen-bond donors (Lipinski definition) is 1. The molecule has 1 aliphatic carbocycles. The number of nitrogens with one attached hydrogen (secondary N) is 1. The van der Waals surface area contributed by atoms with E-state index in [4.69, 9.17) is 4.74 Å². The van der Waals surface area contributed by atoms with Crippen molar-refractivity contribution < 1.29 is 14.3 Å². The summed E-state index contributed by atoms with van der Waals surface area (Å²) in [4.78, 5) is 31.2. The number of aromatic nitrogens is 3. The summed E-state index contributed by atoms with van der Waals surface area (Å²) in [5, 5.41) is 8.56. The molecule has 34 heavy (non-hydrogen) atoms. The number of benzene rings is 1. The van der Waals surface area contributed by atoms with Crippen LogP contribution in [0.1, 0.15) is 40.6 Å². The number of carbonyl (C=O) groups is 2. The van der Waals surface area contributed by atoms with Crippen molar-refractivity contribution in [3.63, 3.8) is 0 Å². The van der Waals surface area contributed by atoms with Crippen LogP contribution in [0.5, 0.6) is 0 Å². The van der Waals surface area contributed by atoms with Gasteiger partial charge in [0.25, 0.3) is 0 Å². The van der Waals surface area contributed by atoms with Crippen molar-refractivity contribution in [3.8, 4) is 11.4 Å². The third kappa shape index (κ3) is 5.61. The number of rotatable bonds is 9. The van der Waals surface area contributed by atoms with Crippen molar-refractivity contribution in [2.24, 2.45) is 0 Å². The Morgan fingerprint density at radius 1 is 1.29 bits per heavy atom. The maximum Gasteiger partial charge on any atom is 0.341 e. The molecule has 1 aliphatic rings. The molecular formula is C24H25BrN4O3S2. The summed E-state index contributed by atoms with van der Waals surface area (Å²) in [6, 6.07) is 7.82. The number of thiophene rings is 1. The number of allylic oxidation sites excluding steroid dienone is 1. The highest BCUT2D eigenvalue weighted by molar-refractivity contribution is 9.10. The quantitative estimate of drug-likeness (QED) is 0.204. The van der Waals surface area contributed by atoms with Crippen LogP contribution in [0.25, 0.3) is 11.4 Å². The van der Waals surface area contributed by atoms with E-state index in [1.807, 2.05) is 24.3 Å². The summed E-state index contributed by atoms with van der Waals surface area (Å²) >= 11 is 6.19. The van der Waals surface area contributed by atoms with E-state index in [-0.39, 0.29) is 17.6 Å². The average molecular weight is 562 g/mol. The predicted octanol–water partition coefficient (Wildman–Crippen LogP) is 5.74. The van der Waals surface area contributed by atoms with Gasteiger partial charge in [0.1, 0.15) is 5.00 Å². The van der Waals surface area contributed by atoms with E-state index in [1.165, 1.54) is 28.0 Å². The van der Waals surface area contributed by atoms with Gasteiger partial charge < -0.3 is 10.1 Å². The number of fused-ring (bicyclic) bond motifs is 1. The Balaban J connectivity index is 1.48. The highest BCUT2D eigenvalue weighted by Crippen LogP contribution is 2.38. The maximum atomic E-state index is 12.8. The number of aryl methyl sites for hydroxylation is 1. The summed E-state index contributed by atoms with van der Waals surface area (Å²) in [7, 11) is 0. The van der Waals surface area contributed by atoms with Gasteiger partial charge in [-0.1, -0.05) is 45.9 Å². The number of thioether (sulfide) groups is 1. The third-order valence-electron chi connectivity index (χ3n) is 5.29. The van der Waals surface area contributed by atoms with Gasteiger partial charge in [-0.15, -0.1) is 23.0 Å². The molecule has 0 fully saturated rings. The number of carbonyl (C=O) groups excluding carboxylic acids is 2. The van der Waals surface area contributed by atoms with Gasteiger partial charge in [0.05, 0.1) is 24.5 Å². The summed E-state index contributed by atoms with van der Waals surface area (Å²) in [5.74, 6) is 0.266. The van der Waals surface area contributed by atoms with Crippen molar-refractivity contribution >= 4 is 55.9 Å². The van der Waals surface area contributed by atoms with E-state index in [2.05, 4.69) is 37.9 Å². The number of hydrogen-bond acceptors (Lipinski definition) is 7. The van der Waals surface area contributed by atoms with Gasteiger partial charge in [-0.25, -0.2) is 14.5 Å². The standard InChI is InChI=1S/C24H25BrN4O3S2/c1-3-13-29-21(15-9-11-16(25)12-10-15)27-24(28-29)33-14-19(30)26-22-20(23(31)32-4-2)17-7-5-6-8-18(17)34-22/h3,9-12H,1,4-8,13-14H2,2H3,(H,26,30). The molecule has 0 saturated carbocycles. The lowest BCUT2D eigenvalue weighted by atomic mass is 9.95. The Bertz CT molecular complexity index is 1200. The Morgan fingerprint density at radius 3 is 2.79 bits per heavy atom. The summed E-state index contributed by atoms with van der Waals surface area (Å²) in [6.45, 7) is 6.39. The van der Waals surface area contributed by atoms with Gasteiger partial charge in [0, 0.05) is 14.9 Å². The SMILES string of the molecule is C=CCn1nc(SCC(=O)Nc2sc3c(c2C(=O)OCC)CCCC3)nc1-c1ccc(Br)cc1. The molecule has 0 spiro atoms. The van der Waals surface area contributed by atoms with Gasteiger partial charge in [0.15, 0.2) is 5.82 Å². The zero-order chi connectivity index (χ0) is 24.1. The molecule has 10 heteroatoms. The molecule has 2 heterocycles. The first-order chi connectivity index (χ1) is 16.5. The van der Waals surface area contributed by atoms with Crippen LogP contribution in [0.4, 0.5) is 5.00 Å². The number of halogens is 1. The molecule has 2 aromatic heterocycles. The van der Waals surface area contributed by atoms with Crippen molar-refractivity contribution in [1.29, 1.82) is 0 Å². The van der Waals surface area contributed by atoms with E-state index in [9.17, 15) is 9.59 Å². The first-order valence-electron chi connectivity index (χ1n) is 11.1. The highest BCUT2D eigenvalue weighted by atomic mass is 79.9. The van der Waals surface area contributed by atoms with Crippen LogP contribution < -0.4 is 5.32 Å². The lowest BCUT2D eigenvalue weighted by molar-refractivity contribution is -0.113. The Hall–Kier alpha value is -2.43. The molecule has 0 unspecified atom stereocenters. The van der Waals surface area contributed by atoms with Crippen LogP contribution >= 0.6 is 39.0 Å². The zero-order valence-electron chi connectivity index (χ0n) is 18.8. The second-order valence-electron chi connectivity index (χ2n) is 7.67. The fourth-order valence-electron chi connectivity index (χ4n) is 3.81. The monoisotopic (exact) mass is 560 g/mol. The lowest BCUT2D eigenvalue weighted by Gasteiger charge is -2.12. The lowest BCUT2D eigenvalue weighted by Crippen LogP contribution is -2.17. The Kier molecular flexibility index (Phi) is 8.23. The molecule has 4 rings (SSSR count). The largest absolute Gasteiger partial charge is 0.462 e. The van der Waals surface area contributed by atoms with Gasteiger partial charge in [-0.05, 0) is 50.3 Å². The summed E-state index contributed by atoms with van der Waals surface area (Å²) in [6.07, 6.45) is 5.67. The van der Waals surface area contributed by atoms with Gasteiger partial charge in [-0.3, -0.25) is 4.79 Å². The van der Waals surface area contributed by atoms with Crippen LogP contribution in [0.15, 0.2) is 46.5 Å². The van der Waals surface area contributed by atoms with E-state index < -0.39 is 0 Å². The maximum absolute atomic E-state index is 12.8. The topological polar surface area (TPSA) is 86.1 Å². The minimum Gasteiger partial charge on any atom is -0.462 e. The van der Waals surface area contributed by atoms with Crippen LogP contribution in [0.2, 0.25) is 0 Å². The summed E-state index contributed by atoms with van der Waals surface area (Å²) in [5.41, 5.74) is 2.48. The average Bonchev–Trinajstić information content (AvgIpc) is 3.39. The Labute approximate surface area is 215 Å². The van der Waals surface area contributed by atoms with Crippen LogP contribution in [0.3, 0.4) is 0 Å². The molecule has 1 amide bonds. The fraction of sp³-hybridized carbons (Fsp3) is 0.333. The van der Waals surface area contributed by atoms with Crippen LogP contribution in [0, 0.1) is 0 Å². The second-order valence-corrected chi connectivity index (χ2v) is 10.6. The van der Waals surface area contributed by atoms with Gasteiger partial charge in [-0.2, -0.15) is 0 Å². The van der Waals surface area contributed by atoms with E-state index in [0.29, 0.717) is 34.7 Å². The molecule has 1 N–H and O–H groups in total. The summed E-state index contributed by atoms with van der Waals surface area (Å²) < 4.78 is 8.02. The second kappa shape index (κ2) is 11.3. The number of anilines is 1. The number of nitrogens with zero attached hydrogens (tertiary/aromatic N) is 3. The van der Waals surface area contributed by atoms with Crippen molar-refractivity contribution in [2.45, 2.75) is 44.3 Å². The molecule has 0 aliphatic heterocycles. The van der Waals surface area contributed by atoms with E-state index in [1.54, 1.807) is 17.7 Å². The molecular weight excluding hydrogens is 536 g/mol. The molecule has 0 atom stereocenters. The Morgan fingerprint density at radius 2 is 2.06 bits per heavy atom. The number of esters is 1. The molecule has 0 bridgehead atoms. The van der Waals surface area contributed by atoms with Crippen molar-refractivity contribution in [2.75, 3.05) is 17.7 Å². The zero-order valence-corrected chi connectivity index (χ0v) is 22.0. The minimum absolute atomic E-state index is 0.128. The number of amides is 1. The molecule has 7 nitrogen and oxygen atoms in total. The third-order valence-corrected chi connectivity index (χ3v) is 7.87. The predicted molar refractivity (Wildman–Crippen MR) is 140 cm³/mol. The minimum atomic E-state index is -0.367. The first kappa shape index (κ1) is 24.7. The van der Waals surface area contributed by atoms with Gasteiger partial charge >= 0.3 is 5.97 Å². The van der Waals surface area contributed by atoms with Gasteiger partial charge in [0.2, 0.25) is 11.1 Å². The van der Waals surface area contributed by atoms with Crippen LogP contribution in [-0.2, 0) is 28.9 Å². The molecule has 3 aromatic rings. The highest BCUT2D eigenvalue weighted by Gasteiger charge is 2.27. The molecule has 0 radical (unpaired) electrons. The van der Waals surface area contributed by atoms with E-state index in [0.717, 1.165) is 41.3 Å². The smallest absolute Gasteiger partial charge is 0.341 e. The normalized spacial score (nSPS) is 12.8. The van der Waals surface area contributed by atoms with Crippen molar-refractivity contribution in [1.82, 2.24) is 14.8 Å². The van der Waals surface area contributed by atoms with Crippen molar-refractivity contribution in [3.05, 3.63) is 57.4 Å². The fourth-order valence-corrected chi connectivity index (χ4v) is 6.01. The van der Waals surface area contributed by atoms with Crippen LogP contribution in [-0.4, -0.2) is 39.0 Å². The molecule has 178 valence electrons. The first-order valence-corrected chi connectivity index (χ1v) is 13.7. The molecule has 1 aromatic carbocycles.